The minimum atomic E-state index is -0.262. The number of aryl methyl sites for hydroxylation is 1. The normalized spacial score (nSPS) is 12.0. The van der Waals surface area contributed by atoms with Crippen LogP contribution in [0.3, 0.4) is 0 Å². The SMILES string of the molecule is Cc1ccn(-c2ccccc2NC(=O)NC(C)CCCO)n1. The van der Waals surface area contributed by atoms with Gasteiger partial charge in [-0.3, -0.25) is 0 Å². The second-order valence-corrected chi connectivity index (χ2v) is 5.28. The molecular weight excluding hydrogens is 280 g/mol. The fourth-order valence-electron chi connectivity index (χ4n) is 2.18. The van der Waals surface area contributed by atoms with Crippen LogP contribution < -0.4 is 10.6 Å². The van der Waals surface area contributed by atoms with Crippen molar-refractivity contribution in [3.8, 4) is 5.69 Å². The lowest BCUT2D eigenvalue weighted by atomic mass is 10.2. The van der Waals surface area contributed by atoms with Crippen LogP contribution in [0.15, 0.2) is 36.5 Å². The van der Waals surface area contributed by atoms with Gasteiger partial charge < -0.3 is 15.7 Å². The van der Waals surface area contributed by atoms with Crippen molar-refractivity contribution >= 4 is 11.7 Å². The number of carbonyl (C=O) groups is 1. The molecule has 0 bridgehead atoms. The molecule has 2 amide bonds. The monoisotopic (exact) mass is 302 g/mol. The number of anilines is 1. The Balaban J connectivity index is 2.05. The number of para-hydroxylation sites is 2. The molecule has 0 saturated heterocycles. The lowest BCUT2D eigenvalue weighted by molar-refractivity contribution is 0.245. The number of aliphatic hydroxyl groups is 1. The zero-order valence-electron chi connectivity index (χ0n) is 12.9. The highest BCUT2D eigenvalue weighted by molar-refractivity contribution is 5.91. The van der Waals surface area contributed by atoms with E-state index in [1.165, 1.54) is 0 Å². The van der Waals surface area contributed by atoms with Crippen molar-refractivity contribution in [3.05, 3.63) is 42.2 Å². The molecule has 0 aliphatic carbocycles. The number of amides is 2. The summed E-state index contributed by atoms with van der Waals surface area (Å²) >= 11 is 0. The van der Waals surface area contributed by atoms with Gasteiger partial charge in [-0.1, -0.05) is 12.1 Å². The largest absolute Gasteiger partial charge is 0.396 e. The van der Waals surface area contributed by atoms with Crippen molar-refractivity contribution in [1.82, 2.24) is 15.1 Å². The third-order valence-corrected chi connectivity index (χ3v) is 3.29. The molecule has 22 heavy (non-hydrogen) atoms. The molecule has 1 aromatic heterocycles. The first-order valence-electron chi connectivity index (χ1n) is 7.40. The lowest BCUT2D eigenvalue weighted by Gasteiger charge is -2.15. The number of hydrogen-bond acceptors (Lipinski definition) is 3. The van der Waals surface area contributed by atoms with Gasteiger partial charge in [-0.15, -0.1) is 0 Å². The topological polar surface area (TPSA) is 79.2 Å². The molecule has 2 aromatic rings. The first kappa shape index (κ1) is 16.0. The molecule has 1 atom stereocenters. The molecule has 2 rings (SSSR count). The summed E-state index contributed by atoms with van der Waals surface area (Å²) < 4.78 is 1.74. The second-order valence-electron chi connectivity index (χ2n) is 5.28. The van der Waals surface area contributed by atoms with Gasteiger partial charge in [0.05, 0.1) is 17.1 Å². The third kappa shape index (κ3) is 4.33. The molecule has 1 aromatic carbocycles. The number of benzene rings is 1. The summed E-state index contributed by atoms with van der Waals surface area (Å²) in [5, 5.41) is 18.9. The van der Waals surface area contributed by atoms with Crippen LogP contribution in [0.5, 0.6) is 0 Å². The maximum Gasteiger partial charge on any atom is 0.319 e. The Morgan fingerprint density at radius 2 is 2.14 bits per heavy atom. The lowest BCUT2D eigenvalue weighted by Crippen LogP contribution is -2.36. The van der Waals surface area contributed by atoms with Gasteiger partial charge in [-0.2, -0.15) is 5.10 Å². The van der Waals surface area contributed by atoms with Crippen LogP contribution in [0.2, 0.25) is 0 Å². The Labute approximate surface area is 130 Å². The smallest absolute Gasteiger partial charge is 0.319 e. The maximum atomic E-state index is 12.1. The number of carbonyl (C=O) groups excluding carboxylic acids is 1. The highest BCUT2D eigenvalue weighted by atomic mass is 16.3. The van der Waals surface area contributed by atoms with E-state index in [2.05, 4.69) is 15.7 Å². The van der Waals surface area contributed by atoms with Gasteiger partial charge in [0, 0.05) is 18.8 Å². The van der Waals surface area contributed by atoms with E-state index in [4.69, 9.17) is 5.11 Å². The van der Waals surface area contributed by atoms with Crippen molar-refractivity contribution in [3.63, 3.8) is 0 Å². The Kier molecular flexibility index (Phi) is 5.55. The predicted molar refractivity (Wildman–Crippen MR) is 86.2 cm³/mol. The quantitative estimate of drug-likeness (QED) is 0.767. The molecule has 6 nitrogen and oxygen atoms in total. The first-order chi connectivity index (χ1) is 10.6. The summed E-state index contributed by atoms with van der Waals surface area (Å²) in [5.41, 5.74) is 2.42. The van der Waals surface area contributed by atoms with Crippen molar-refractivity contribution in [1.29, 1.82) is 0 Å². The molecule has 0 fully saturated rings. The zero-order chi connectivity index (χ0) is 15.9. The summed E-state index contributed by atoms with van der Waals surface area (Å²) in [6.45, 7) is 3.97. The number of urea groups is 1. The molecule has 1 unspecified atom stereocenters. The van der Waals surface area contributed by atoms with Crippen LogP contribution in [0.1, 0.15) is 25.5 Å². The molecule has 0 radical (unpaired) electrons. The number of nitrogens with one attached hydrogen (secondary N) is 2. The van der Waals surface area contributed by atoms with E-state index < -0.39 is 0 Å². The van der Waals surface area contributed by atoms with E-state index in [0.717, 1.165) is 17.8 Å². The van der Waals surface area contributed by atoms with Crippen LogP contribution in [-0.2, 0) is 0 Å². The van der Waals surface area contributed by atoms with Crippen molar-refractivity contribution in [2.24, 2.45) is 0 Å². The standard InChI is InChI=1S/C16H22N4O2/c1-12(6-5-11-21)17-16(22)18-14-7-3-4-8-15(14)20-10-9-13(2)19-20/h3-4,7-10,12,21H,5-6,11H2,1-2H3,(H2,17,18,22). The molecule has 3 N–H and O–H groups in total. The Bertz CT molecular complexity index is 624. The molecule has 0 aliphatic heterocycles. The van der Waals surface area contributed by atoms with Gasteiger partial charge in [-0.05, 0) is 44.9 Å². The van der Waals surface area contributed by atoms with E-state index in [1.54, 1.807) is 4.68 Å². The van der Waals surface area contributed by atoms with Crippen molar-refractivity contribution < 1.29 is 9.90 Å². The van der Waals surface area contributed by atoms with Gasteiger partial charge in [0.1, 0.15) is 0 Å². The van der Waals surface area contributed by atoms with E-state index in [-0.39, 0.29) is 18.7 Å². The van der Waals surface area contributed by atoms with Gasteiger partial charge in [0.2, 0.25) is 0 Å². The summed E-state index contributed by atoms with van der Waals surface area (Å²) in [6.07, 6.45) is 3.27. The van der Waals surface area contributed by atoms with Gasteiger partial charge in [0.15, 0.2) is 0 Å². The van der Waals surface area contributed by atoms with Gasteiger partial charge in [-0.25, -0.2) is 9.48 Å². The van der Waals surface area contributed by atoms with Crippen LogP contribution >= 0.6 is 0 Å². The fourth-order valence-corrected chi connectivity index (χ4v) is 2.18. The van der Waals surface area contributed by atoms with Crippen molar-refractivity contribution in [2.45, 2.75) is 32.7 Å². The predicted octanol–water partition coefficient (Wildman–Crippen LogP) is 2.46. The number of nitrogens with zero attached hydrogens (tertiary/aromatic N) is 2. The van der Waals surface area contributed by atoms with Crippen LogP contribution in [0.4, 0.5) is 10.5 Å². The van der Waals surface area contributed by atoms with Gasteiger partial charge >= 0.3 is 6.03 Å². The minimum absolute atomic E-state index is 0.00580. The summed E-state index contributed by atoms with van der Waals surface area (Å²) in [7, 11) is 0. The summed E-state index contributed by atoms with van der Waals surface area (Å²) in [5.74, 6) is 0. The average molecular weight is 302 g/mol. The number of aliphatic hydroxyl groups excluding tert-OH is 1. The van der Waals surface area contributed by atoms with E-state index in [9.17, 15) is 4.79 Å². The first-order valence-corrected chi connectivity index (χ1v) is 7.40. The van der Waals surface area contributed by atoms with E-state index in [0.29, 0.717) is 12.1 Å². The number of rotatable bonds is 6. The third-order valence-electron chi connectivity index (χ3n) is 3.29. The molecule has 6 heteroatoms. The van der Waals surface area contributed by atoms with E-state index >= 15 is 0 Å². The average Bonchev–Trinajstić information content (AvgIpc) is 2.92. The Morgan fingerprint density at radius 3 is 2.82 bits per heavy atom. The van der Waals surface area contributed by atoms with Gasteiger partial charge in [0.25, 0.3) is 0 Å². The zero-order valence-corrected chi connectivity index (χ0v) is 12.9. The maximum absolute atomic E-state index is 12.1. The Morgan fingerprint density at radius 1 is 1.36 bits per heavy atom. The van der Waals surface area contributed by atoms with Crippen LogP contribution in [-0.4, -0.2) is 33.6 Å². The highest BCUT2D eigenvalue weighted by Gasteiger charge is 2.10. The molecular formula is C16H22N4O2. The highest BCUT2D eigenvalue weighted by Crippen LogP contribution is 2.19. The summed E-state index contributed by atoms with van der Waals surface area (Å²) in [4.78, 5) is 12.1. The van der Waals surface area contributed by atoms with Crippen LogP contribution in [0, 0.1) is 6.92 Å². The summed E-state index contributed by atoms with van der Waals surface area (Å²) in [6, 6.07) is 9.16. The fraction of sp³-hybridized carbons (Fsp3) is 0.375. The molecule has 0 spiro atoms. The molecule has 118 valence electrons. The molecule has 1 heterocycles. The number of hydrogen-bond donors (Lipinski definition) is 3. The second kappa shape index (κ2) is 7.61. The number of aromatic nitrogens is 2. The van der Waals surface area contributed by atoms with Crippen LogP contribution in [0.25, 0.3) is 5.69 Å². The minimum Gasteiger partial charge on any atom is -0.396 e. The Hall–Kier alpha value is -2.34. The molecule has 0 saturated carbocycles. The van der Waals surface area contributed by atoms with E-state index in [1.807, 2.05) is 50.4 Å². The van der Waals surface area contributed by atoms with Crippen molar-refractivity contribution in [2.75, 3.05) is 11.9 Å². The molecule has 0 aliphatic rings.